The minimum atomic E-state index is -4.05. The molecular formula is C9H17F3N2. The van der Waals surface area contributed by atoms with Gasteiger partial charge >= 0.3 is 6.18 Å². The van der Waals surface area contributed by atoms with Crippen LogP contribution in [0.1, 0.15) is 19.8 Å². The van der Waals surface area contributed by atoms with Gasteiger partial charge in [-0.15, -0.1) is 0 Å². The van der Waals surface area contributed by atoms with E-state index in [-0.39, 0.29) is 6.04 Å². The quantitative estimate of drug-likeness (QED) is 0.761. The van der Waals surface area contributed by atoms with Crippen molar-refractivity contribution in [1.82, 2.24) is 10.2 Å². The SMILES string of the molecule is CCCN1CCNCC1CC(F)(F)F. The van der Waals surface area contributed by atoms with Crippen molar-refractivity contribution in [3.8, 4) is 0 Å². The van der Waals surface area contributed by atoms with Crippen LogP contribution in [0.3, 0.4) is 0 Å². The van der Waals surface area contributed by atoms with Crippen molar-refractivity contribution in [2.45, 2.75) is 32.0 Å². The summed E-state index contributed by atoms with van der Waals surface area (Å²) in [5, 5.41) is 3.00. The van der Waals surface area contributed by atoms with Crippen molar-refractivity contribution in [3.05, 3.63) is 0 Å². The van der Waals surface area contributed by atoms with Crippen LogP contribution in [0.2, 0.25) is 0 Å². The summed E-state index contributed by atoms with van der Waals surface area (Å²) in [6, 6.07) is -0.372. The number of nitrogens with one attached hydrogen (secondary N) is 1. The number of rotatable bonds is 3. The van der Waals surface area contributed by atoms with Gasteiger partial charge in [0.2, 0.25) is 0 Å². The first-order chi connectivity index (χ1) is 6.53. The molecule has 84 valence electrons. The van der Waals surface area contributed by atoms with Crippen LogP contribution in [0.4, 0.5) is 13.2 Å². The molecule has 1 N–H and O–H groups in total. The molecule has 0 spiro atoms. The van der Waals surface area contributed by atoms with Gasteiger partial charge in [0.25, 0.3) is 0 Å². The Labute approximate surface area is 82.5 Å². The second-order valence-corrected chi connectivity index (χ2v) is 3.71. The lowest BCUT2D eigenvalue weighted by Crippen LogP contribution is -2.52. The fourth-order valence-electron chi connectivity index (χ4n) is 1.85. The molecule has 14 heavy (non-hydrogen) atoms. The van der Waals surface area contributed by atoms with Crippen LogP contribution in [0.25, 0.3) is 0 Å². The summed E-state index contributed by atoms with van der Waals surface area (Å²) in [7, 11) is 0. The second-order valence-electron chi connectivity index (χ2n) is 3.71. The fourth-order valence-corrected chi connectivity index (χ4v) is 1.85. The average Bonchev–Trinajstić information content (AvgIpc) is 2.06. The summed E-state index contributed by atoms with van der Waals surface area (Å²) in [6.45, 7) is 4.75. The zero-order valence-corrected chi connectivity index (χ0v) is 8.40. The standard InChI is InChI=1S/C9H17F3N2/c1-2-4-14-5-3-13-7-8(14)6-9(10,11)12/h8,13H,2-7H2,1H3. The Kier molecular flexibility index (Phi) is 4.19. The molecule has 1 atom stereocenters. The Morgan fingerprint density at radius 3 is 2.71 bits per heavy atom. The molecule has 1 aliphatic heterocycles. The van der Waals surface area contributed by atoms with Crippen molar-refractivity contribution in [2.24, 2.45) is 0 Å². The molecule has 0 radical (unpaired) electrons. The van der Waals surface area contributed by atoms with Gasteiger partial charge in [-0.1, -0.05) is 6.92 Å². The summed E-state index contributed by atoms with van der Waals surface area (Å²) in [5.41, 5.74) is 0. The van der Waals surface area contributed by atoms with Gasteiger partial charge in [0.15, 0.2) is 0 Å². The number of hydrogen-bond donors (Lipinski definition) is 1. The highest BCUT2D eigenvalue weighted by atomic mass is 19.4. The topological polar surface area (TPSA) is 15.3 Å². The molecule has 0 amide bonds. The van der Waals surface area contributed by atoms with Gasteiger partial charge in [-0.3, -0.25) is 4.90 Å². The van der Waals surface area contributed by atoms with Crippen molar-refractivity contribution in [1.29, 1.82) is 0 Å². The Hall–Kier alpha value is -0.290. The van der Waals surface area contributed by atoms with E-state index in [1.54, 1.807) is 0 Å². The predicted molar refractivity (Wildman–Crippen MR) is 49.2 cm³/mol. The molecule has 1 rings (SSSR count). The maximum atomic E-state index is 12.2. The van der Waals surface area contributed by atoms with Crippen LogP contribution in [-0.4, -0.2) is 43.3 Å². The predicted octanol–water partition coefficient (Wildman–Crippen LogP) is 1.62. The second kappa shape index (κ2) is 4.98. The van der Waals surface area contributed by atoms with Gasteiger partial charge < -0.3 is 5.32 Å². The van der Waals surface area contributed by atoms with Crippen LogP contribution in [0.15, 0.2) is 0 Å². The van der Waals surface area contributed by atoms with Crippen molar-refractivity contribution >= 4 is 0 Å². The third-order valence-corrected chi connectivity index (χ3v) is 2.45. The van der Waals surface area contributed by atoms with Crippen LogP contribution in [-0.2, 0) is 0 Å². The van der Waals surface area contributed by atoms with Gasteiger partial charge in [-0.25, -0.2) is 0 Å². The molecular weight excluding hydrogens is 193 g/mol. The Balaban J connectivity index is 2.45. The van der Waals surface area contributed by atoms with E-state index in [2.05, 4.69) is 5.32 Å². The normalized spacial score (nSPS) is 25.3. The summed E-state index contributed by atoms with van der Waals surface area (Å²) in [5.74, 6) is 0. The zero-order chi connectivity index (χ0) is 10.6. The molecule has 1 heterocycles. The Bertz CT molecular complexity index is 168. The zero-order valence-electron chi connectivity index (χ0n) is 8.40. The smallest absolute Gasteiger partial charge is 0.314 e. The molecule has 1 fully saturated rings. The third kappa shape index (κ3) is 3.84. The van der Waals surface area contributed by atoms with E-state index in [4.69, 9.17) is 0 Å². The molecule has 0 aromatic heterocycles. The first-order valence-electron chi connectivity index (χ1n) is 5.04. The number of hydrogen-bond acceptors (Lipinski definition) is 2. The first-order valence-corrected chi connectivity index (χ1v) is 5.04. The average molecular weight is 210 g/mol. The highest BCUT2D eigenvalue weighted by Gasteiger charge is 2.35. The van der Waals surface area contributed by atoms with Crippen molar-refractivity contribution in [2.75, 3.05) is 26.2 Å². The van der Waals surface area contributed by atoms with E-state index < -0.39 is 12.6 Å². The Morgan fingerprint density at radius 1 is 1.43 bits per heavy atom. The van der Waals surface area contributed by atoms with Crippen LogP contribution in [0.5, 0.6) is 0 Å². The number of piperazine rings is 1. The summed E-state index contributed by atoms with van der Waals surface area (Å²) in [6.07, 6.45) is -3.83. The number of alkyl halides is 3. The third-order valence-electron chi connectivity index (χ3n) is 2.45. The largest absolute Gasteiger partial charge is 0.390 e. The first kappa shape index (κ1) is 11.8. The number of halogens is 3. The van der Waals surface area contributed by atoms with E-state index in [9.17, 15) is 13.2 Å². The lowest BCUT2D eigenvalue weighted by atomic mass is 10.1. The number of nitrogens with zero attached hydrogens (tertiary/aromatic N) is 1. The monoisotopic (exact) mass is 210 g/mol. The summed E-state index contributed by atoms with van der Waals surface area (Å²) >= 11 is 0. The molecule has 1 unspecified atom stereocenters. The van der Waals surface area contributed by atoms with E-state index >= 15 is 0 Å². The summed E-state index contributed by atoms with van der Waals surface area (Å²) < 4.78 is 36.6. The van der Waals surface area contributed by atoms with Crippen LogP contribution >= 0.6 is 0 Å². The molecule has 0 bridgehead atoms. The summed E-state index contributed by atoms with van der Waals surface area (Å²) in [4.78, 5) is 1.93. The molecule has 1 saturated heterocycles. The van der Waals surface area contributed by atoms with Gasteiger partial charge in [0, 0.05) is 25.7 Å². The van der Waals surface area contributed by atoms with Gasteiger partial charge in [-0.05, 0) is 13.0 Å². The lowest BCUT2D eigenvalue weighted by Gasteiger charge is -2.36. The molecule has 0 saturated carbocycles. The van der Waals surface area contributed by atoms with E-state index in [0.29, 0.717) is 6.54 Å². The van der Waals surface area contributed by atoms with Crippen LogP contribution < -0.4 is 5.32 Å². The van der Waals surface area contributed by atoms with Crippen molar-refractivity contribution < 1.29 is 13.2 Å². The fraction of sp³-hybridized carbons (Fsp3) is 1.00. The molecule has 0 aromatic rings. The van der Waals surface area contributed by atoms with Crippen LogP contribution in [0, 0.1) is 0 Å². The van der Waals surface area contributed by atoms with E-state index in [1.807, 2.05) is 11.8 Å². The molecule has 0 aliphatic carbocycles. The maximum Gasteiger partial charge on any atom is 0.390 e. The molecule has 5 heteroatoms. The van der Waals surface area contributed by atoms with E-state index in [0.717, 1.165) is 26.1 Å². The van der Waals surface area contributed by atoms with E-state index in [1.165, 1.54) is 0 Å². The van der Waals surface area contributed by atoms with Gasteiger partial charge in [-0.2, -0.15) is 13.2 Å². The minimum absolute atomic E-state index is 0.372. The van der Waals surface area contributed by atoms with Crippen molar-refractivity contribution in [3.63, 3.8) is 0 Å². The molecule has 0 aromatic carbocycles. The Morgan fingerprint density at radius 2 is 2.14 bits per heavy atom. The van der Waals surface area contributed by atoms with Gasteiger partial charge in [0.05, 0.1) is 6.42 Å². The maximum absolute atomic E-state index is 12.2. The molecule has 1 aliphatic rings. The minimum Gasteiger partial charge on any atom is -0.314 e. The highest BCUT2D eigenvalue weighted by molar-refractivity contribution is 4.81. The highest BCUT2D eigenvalue weighted by Crippen LogP contribution is 2.24. The molecule has 2 nitrogen and oxygen atoms in total. The lowest BCUT2D eigenvalue weighted by molar-refractivity contribution is -0.148. The van der Waals surface area contributed by atoms with Gasteiger partial charge in [0.1, 0.15) is 0 Å².